The third kappa shape index (κ3) is 4.80. The van der Waals surface area contributed by atoms with Crippen molar-refractivity contribution < 1.29 is 19.0 Å². The topological polar surface area (TPSA) is 74.0 Å². The number of carbonyl (C=O) groups is 1. The fraction of sp³-hybridized carbons (Fsp3) is 0.562. The molecule has 122 valence electrons. The summed E-state index contributed by atoms with van der Waals surface area (Å²) in [5.41, 5.74) is 7.54. The van der Waals surface area contributed by atoms with Crippen molar-refractivity contribution in [1.29, 1.82) is 0 Å². The second-order valence-electron chi connectivity index (χ2n) is 5.08. The van der Waals surface area contributed by atoms with Gasteiger partial charge in [0.1, 0.15) is 5.75 Å². The van der Waals surface area contributed by atoms with Crippen molar-refractivity contribution in [3.05, 3.63) is 18.2 Å². The molecule has 22 heavy (non-hydrogen) atoms. The standard InChI is InChI=1S/C16H24N2O4/c1-2-21-16(19)4-3-9-22-15-12-13(17)5-6-14(15)18-7-10-20-11-8-18/h5-6,12H,2-4,7-11,17H2,1H3. The molecule has 1 aliphatic heterocycles. The van der Waals surface area contributed by atoms with Gasteiger partial charge in [-0.15, -0.1) is 0 Å². The van der Waals surface area contributed by atoms with Crippen LogP contribution in [-0.4, -0.2) is 45.5 Å². The molecular formula is C16H24N2O4. The maximum atomic E-state index is 11.3. The molecule has 2 N–H and O–H groups in total. The number of nitrogen functional groups attached to an aromatic ring is 1. The quantitative estimate of drug-likeness (QED) is 0.470. The van der Waals surface area contributed by atoms with Crippen molar-refractivity contribution >= 4 is 17.3 Å². The molecule has 1 aromatic carbocycles. The Morgan fingerprint density at radius 3 is 2.86 bits per heavy atom. The fourth-order valence-corrected chi connectivity index (χ4v) is 2.34. The van der Waals surface area contributed by atoms with Crippen LogP contribution in [0.15, 0.2) is 18.2 Å². The molecule has 0 unspecified atom stereocenters. The van der Waals surface area contributed by atoms with Crippen molar-refractivity contribution in [2.45, 2.75) is 19.8 Å². The Balaban J connectivity index is 1.91. The van der Waals surface area contributed by atoms with E-state index in [4.69, 9.17) is 19.9 Å². The summed E-state index contributed by atoms with van der Waals surface area (Å²) in [6.07, 6.45) is 0.985. The van der Waals surface area contributed by atoms with Crippen LogP contribution in [0.3, 0.4) is 0 Å². The highest BCUT2D eigenvalue weighted by Gasteiger charge is 2.16. The maximum Gasteiger partial charge on any atom is 0.305 e. The van der Waals surface area contributed by atoms with E-state index in [1.54, 1.807) is 6.92 Å². The normalized spacial score (nSPS) is 14.7. The monoisotopic (exact) mass is 308 g/mol. The van der Waals surface area contributed by atoms with Gasteiger partial charge < -0.3 is 24.8 Å². The molecule has 0 atom stereocenters. The summed E-state index contributed by atoms with van der Waals surface area (Å²) in [4.78, 5) is 13.5. The third-order valence-corrected chi connectivity index (χ3v) is 3.42. The number of ether oxygens (including phenoxy) is 3. The molecule has 0 aliphatic carbocycles. The zero-order chi connectivity index (χ0) is 15.8. The van der Waals surface area contributed by atoms with Gasteiger partial charge in [-0.1, -0.05) is 0 Å². The fourth-order valence-electron chi connectivity index (χ4n) is 2.34. The van der Waals surface area contributed by atoms with E-state index < -0.39 is 0 Å². The van der Waals surface area contributed by atoms with Crippen molar-refractivity contribution in [1.82, 2.24) is 0 Å². The summed E-state index contributed by atoms with van der Waals surface area (Å²) < 4.78 is 16.1. The summed E-state index contributed by atoms with van der Waals surface area (Å²) >= 11 is 0. The van der Waals surface area contributed by atoms with Crippen LogP contribution in [0.4, 0.5) is 11.4 Å². The first kappa shape index (κ1) is 16.4. The lowest BCUT2D eigenvalue weighted by atomic mass is 10.2. The van der Waals surface area contributed by atoms with Gasteiger partial charge in [0.05, 0.1) is 32.1 Å². The molecule has 2 rings (SSSR count). The van der Waals surface area contributed by atoms with E-state index in [2.05, 4.69) is 4.90 Å². The minimum Gasteiger partial charge on any atom is -0.491 e. The van der Waals surface area contributed by atoms with E-state index in [0.29, 0.717) is 45.0 Å². The summed E-state index contributed by atoms with van der Waals surface area (Å²) in [5.74, 6) is 0.567. The van der Waals surface area contributed by atoms with Gasteiger partial charge in [0.15, 0.2) is 0 Å². The van der Waals surface area contributed by atoms with Crippen molar-refractivity contribution in [2.75, 3.05) is 50.2 Å². The van der Waals surface area contributed by atoms with Crippen LogP contribution in [0.25, 0.3) is 0 Å². The number of nitrogens with two attached hydrogens (primary N) is 1. The van der Waals surface area contributed by atoms with E-state index >= 15 is 0 Å². The second kappa shape index (κ2) is 8.48. The molecular weight excluding hydrogens is 284 g/mol. The lowest BCUT2D eigenvalue weighted by Crippen LogP contribution is -2.36. The summed E-state index contributed by atoms with van der Waals surface area (Å²) in [5, 5.41) is 0. The lowest BCUT2D eigenvalue weighted by molar-refractivity contribution is -0.143. The highest BCUT2D eigenvalue weighted by molar-refractivity contribution is 5.69. The van der Waals surface area contributed by atoms with E-state index in [9.17, 15) is 4.79 Å². The van der Waals surface area contributed by atoms with E-state index in [1.165, 1.54) is 0 Å². The Kier molecular flexibility index (Phi) is 6.33. The third-order valence-electron chi connectivity index (χ3n) is 3.42. The smallest absolute Gasteiger partial charge is 0.305 e. The molecule has 0 radical (unpaired) electrons. The van der Waals surface area contributed by atoms with E-state index in [0.717, 1.165) is 24.5 Å². The summed E-state index contributed by atoms with van der Waals surface area (Å²) in [6, 6.07) is 5.67. The molecule has 0 bridgehead atoms. The van der Waals surface area contributed by atoms with Gasteiger partial charge in [-0.25, -0.2) is 0 Å². The first-order valence-corrected chi connectivity index (χ1v) is 7.71. The zero-order valence-electron chi connectivity index (χ0n) is 13.0. The number of nitrogens with zero attached hydrogens (tertiary/aromatic N) is 1. The lowest BCUT2D eigenvalue weighted by Gasteiger charge is -2.30. The van der Waals surface area contributed by atoms with Gasteiger partial charge in [0, 0.05) is 31.3 Å². The molecule has 0 amide bonds. The molecule has 1 heterocycles. The first-order chi connectivity index (χ1) is 10.7. The molecule has 0 aromatic heterocycles. The number of anilines is 2. The molecule has 0 saturated carbocycles. The molecule has 6 heteroatoms. The molecule has 1 aliphatic rings. The van der Waals surface area contributed by atoms with Gasteiger partial charge in [-0.2, -0.15) is 0 Å². The van der Waals surface area contributed by atoms with Crippen LogP contribution >= 0.6 is 0 Å². The van der Waals surface area contributed by atoms with Gasteiger partial charge in [-0.05, 0) is 25.5 Å². The number of morpholine rings is 1. The number of hydrogen-bond donors (Lipinski definition) is 1. The predicted octanol–water partition coefficient (Wildman–Crippen LogP) is 1.83. The van der Waals surface area contributed by atoms with Crippen molar-refractivity contribution in [3.8, 4) is 5.75 Å². The molecule has 6 nitrogen and oxygen atoms in total. The Labute approximate surface area is 131 Å². The van der Waals surface area contributed by atoms with Crippen LogP contribution < -0.4 is 15.4 Å². The van der Waals surface area contributed by atoms with Gasteiger partial charge >= 0.3 is 5.97 Å². The Bertz CT molecular complexity index is 487. The largest absolute Gasteiger partial charge is 0.491 e. The number of rotatable bonds is 7. The SMILES string of the molecule is CCOC(=O)CCCOc1cc(N)ccc1N1CCOCC1. The van der Waals surface area contributed by atoms with Crippen LogP contribution in [0, 0.1) is 0 Å². The first-order valence-electron chi connectivity index (χ1n) is 7.71. The van der Waals surface area contributed by atoms with Crippen molar-refractivity contribution in [2.24, 2.45) is 0 Å². The van der Waals surface area contributed by atoms with Crippen LogP contribution in [0.1, 0.15) is 19.8 Å². The minimum atomic E-state index is -0.188. The molecule has 1 aromatic rings. The minimum absolute atomic E-state index is 0.188. The highest BCUT2D eigenvalue weighted by Crippen LogP contribution is 2.31. The molecule has 0 spiro atoms. The number of benzene rings is 1. The highest BCUT2D eigenvalue weighted by atomic mass is 16.5. The maximum absolute atomic E-state index is 11.3. The van der Waals surface area contributed by atoms with Crippen LogP contribution in [-0.2, 0) is 14.3 Å². The van der Waals surface area contributed by atoms with E-state index in [1.807, 2.05) is 18.2 Å². The van der Waals surface area contributed by atoms with Gasteiger partial charge in [0.25, 0.3) is 0 Å². The zero-order valence-corrected chi connectivity index (χ0v) is 13.0. The average Bonchev–Trinajstić information content (AvgIpc) is 2.53. The Morgan fingerprint density at radius 2 is 2.14 bits per heavy atom. The van der Waals surface area contributed by atoms with Gasteiger partial charge in [0.2, 0.25) is 0 Å². The van der Waals surface area contributed by atoms with E-state index in [-0.39, 0.29) is 5.97 Å². The number of esters is 1. The van der Waals surface area contributed by atoms with Gasteiger partial charge in [-0.3, -0.25) is 4.79 Å². The van der Waals surface area contributed by atoms with Crippen LogP contribution in [0.5, 0.6) is 5.75 Å². The summed E-state index contributed by atoms with van der Waals surface area (Å²) in [6.45, 7) is 5.77. The number of carbonyl (C=O) groups excluding carboxylic acids is 1. The predicted molar refractivity (Wildman–Crippen MR) is 85.2 cm³/mol. The second-order valence-corrected chi connectivity index (χ2v) is 5.08. The average molecular weight is 308 g/mol. The van der Waals surface area contributed by atoms with Crippen molar-refractivity contribution in [3.63, 3.8) is 0 Å². The molecule has 1 saturated heterocycles. The van der Waals surface area contributed by atoms with Crippen LogP contribution in [0.2, 0.25) is 0 Å². The Morgan fingerprint density at radius 1 is 1.36 bits per heavy atom. The summed E-state index contributed by atoms with van der Waals surface area (Å²) in [7, 11) is 0. The Hall–Kier alpha value is -1.95. The molecule has 1 fully saturated rings. The number of hydrogen-bond acceptors (Lipinski definition) is 6.